The molecule has 2 amide bonds. The zero-order valence-electron chi connectivity index (χ0n) is 23.0. The fourth-order valence-corrected chi connectivity index (χ4v) is 5.69. The summed E-state index contributed by atoms with van der Waals surface area (Å²) in [6.07, 6.45) is 1.82. The van der Waals surface area contributed by atoms with E-state index in [0.717, 1.165) is 50.6 Å². The quantitative estimate of drug-likeness (QED) is 0.192. The molecular formula is C33H35N3O4S. The lowest BCUT2D eigenvalue weighted by Crippen LogP contribution is -2.34. The lowest BCUT2D eigenvalue weighted by molar-refractivity contribution is -0.245. The fraction of sp³-hybridized carbons (Fsp3) is 0.273. The lowest BCUT2D eigenvalue weighted by Gasteiger charge is -2.36. The molecular weight excluding hydrogens is 534 g/mol. The van der Waals surface area contributed by atoms with E-state index in [4.69, 9.17) is 9.47 Å². The van der Waals surface area contributed by atoms with E-state index in [2.05, 4.69) is 33.8 Å². The molecule has 0 spiro atoms. The molecule has 1 aliphatic rings. The molecule has 5 rings (SSSR count). The van der Waals surface area contributed by atoms with Crippen molar-refractivity contribution in [2.24, 2.45) is 0 Å². The second kappa shape index (κ2) is 14.3. The van der Waals surface area contributed by atoms with Crippen molar-refractivity contribution in [3.05, 3.63) is 119 Å². The van der Waals surface area contributed by atoms with Crippen LogP contribution in [0.25, 0.3) is 11.1 Å². The van der Waals surface area contributed by atoms with Crippen LogP contribution < -0.4 is 10.6 Å². The summed E-state index contributed by atoms with van der Waals surface area (Å²) in [5, 5.41) is 16.1. The number of nitrogens with zero attached hydrogens (tertiary/aromatic N) is 1. The summed E-state index contributed by atoms with van der Waals surface area (Å²) in [6, 6.07) is 30.0. The summed E-state index contributed by atoms with van der Waals surface area (Å²) in [7, 11) is 0. The number of amides is 2. The Balaban J connectivity index is 1.33. The van der Waals surface area contributed by atoms with Gasteiger partial charge in [-0.05, 0) is 46.9 Å². The van der Waals surface area contributed by atoms with Crippen LogP contribution in [0.2, 0.25) is 0 Å². The summed E-state index contributed by atoms with van der Waals surface area (Å²) in [5.41, 5.74) is 6.03. The predicted octanol–water partition coefficient (Wildman–Crippen LogP) is 6.40. The first-order chi connectivity index (χ1) is 20.1. The Labute approximate surface area is 245 Å². The first-order valence-corrected chi connectivity index (χ1v) is 14.9. The van der Waals surface area contributed by atoms with Gasteiger partial charge in [-0.3, -0.25) is 0 Å². The van der Waals surface area contributed by atoms with Crippen LogP contribution >= 0.6 is 11.8 Å². The van der Waals surface area contributed by atoms with E-state index >= 15 is 0 Å². The van der Waals surface area contributed by atoms with Gasteiger partial charge in [-0.2, -0.15) is 0 Å². The van der Waals surface area contributed by atoms with E-state index in [0.29, 0.717) is 13.1 Å². The van der Waals surface area contributed by atoms with Gasteiger partial charge in [0.2, 0.25) is 0 Å². The van der Waals surface area contributed by atoms with Crippen LogP contribution in [-0.2, 0) is 22.6 Å². The van der Waals surface area contributed by atoms with Crippen molar-refractivity contribution in [2.75, 3.05) is 12.3 Å². The van der Waals surface area contributed by atoms with Crippen molar-refractivity contribution in [3.8, 4) is 11.1 Å². The SMILES string of the molecule is CCNC(=O)NCc1ccccc1-c1ccc([C@@H]2O[C@H](CSc3ccccn3)C[C@H](c3ccc(CO)cc3)O2)cc1. The third kappa shape index (κ3) is 7.74. The number of nitrogens with one attached hydrogen (secondary N) is 2. The largest absolute Gasteiger partial charge is 0.392 e. The summed E-state index contributed by atoms with van der Waals surface area (Å²) in [6.45, 7) is 2.92. The van der Waals surface area contributed by atoms with Crippen molar-refractivity contribution >= 4 is 17.8 Å². The number of aromatic nitrogens is 1. The van der Waals surface area contributed by atoms with E-state index in [1.165, 1.54) is 0 Å². The molecule has 1 fully saturated rings. The van der Waals surface area contributed by atoms with E-state index in [1.807, 2.05) is 79.7 Å². The zero-order chi connectivity index (χ0) is 28.4. The predicted molar refractivity (Wildman–Crippen MR) is 161 cm³/mol. The molecule has 0 radical (unpaired) electrons. The van der Waals surface area contributed by atoms with Gasteiger partial charge in [0, 0.05) is 37.0 Å². The summed E-state index contributed by atoms with van der Waals surface area (Å²) >= 11 is 1.68. The smallest absolute Gasteiger partial charge is 0.315 e. The van der Waals surface area contributed by atoms with Gasteiger partial charge in [0.25, 0.3) is 0 Å². The molecule has 8 heteroatoms. The molecule has 3 N–H and O–H groups in total. The standard InChI is InChI=1S/C33H35N3O4S/c1-2-34-33(38)36-20-27-7-3-4-8-29(27)24-14-16-26(17-15-24)32-39-28(22-41-31-9-5-6-18-35-31)19-30(40-32)25-12-10-23(21-37)11-13-25/h3-18,28,30,32,37H,2,19-22H2,1H3,(H2,34,36,38)/t28-,30+,32+/m0/s1. The Hall–Kier alpha value is -3.69. The molecule has 1 aromatic heterocycles. The van der Waals surface area contributed by atoms with Gasteiger partial charge in [0.1, 0.15) is 0 Å². The van der Waals surface area contributed by atoms with Crippen LogP contribution in [0.3, 0.4) is 0 Å². The van der Waals surface area contributed by atoms with Gasteiger partial charge in [0.15, 0.2) is 6.29 Å². The number of aliphatic hydroxyl groups is 1. The zero-order valence-corrected chi connectivity index (χ0v) is 23.8. The Kier molecular flexibility index (Phi) is 10.0. The molecule has 0 aliphatic carbocycles. The van der Waals surface area contributed by atoms with E-state index in [9.17, 15) is 9.90 Å². The molecule has 1 saturated heterocycles. The van der Waals surface area contributed by atoms with Crippen LogP contribution in [0.5, 0.6) is 0 Å². The minimum atomic E-state index is -0.524. The second-order valence-corrected chi connectivity index (χ2v) is 10.9. The van der Waals surface area contributed by atoms with Crippen LogP contribution in [0.15, 0.2) is 102 Å². The number of urea groups is 1. The van der Waals surface area contributed by atoms with Gasteiger partial charge in [-0.1, -0.05) is 78.9 Å². The normalized spacial score (nSPS) is 18.5. The number of benzene rings is 3. The van der Waals surface area contributed by atoms with Gasteiger partial charge >= 0.3 is 6.03 Å². The van der Waals surface area contributed by atoms with Crippen molar-refractivity contribution < 1.29 is 19.4 Å². The molecule has 3 atom stereocenters. The van der Waals surface area contributed by atoms with Gasteiger partial charge in [-0.25, -0.2) is 9.78 Å². The molecule has 2 heterocycles. The number of aliphatic hydroxyl groups excluding tert-OH is 1. The van der Waals surface area contributed by atoms with Crippen LogP contribution in [-0.4, -0.2) is 34.5 Å². The molecule has 1 aliphatic heterocycles. The Bertz CT molecular complexity index is 1400. The minimum absolute atomic E-state index is 0.0123. The average molecular weight is 570 g/mol. The molecule has 0 saturated carbocycles. The maximum Gasteiger partial charge on any atom is 0.315 e. The number of carbonyl (C=O) groups is 1. The van der Waals surface area contributed by atoms with Gasteiger partial charge in [-0.15, -0.1) is 11.8 Å². The number of ether oxygens (including phenoxy) is 2. The third-order valence-electron chi connectivity index (χ3n) is 6.96. The average Bonchev–Trinajstić information content (AvgIpc) is 3.03. The van der Waals surface area contributed by atoms with Crippen LogP contribution in [0, 0.1) is 0 Å². The van der Waals surface area contributed by atoms with Crippen molar-refractivity contribution in [1.29, 1.82) is 0 Å². The Morgan fingerprint density at radius 1 is 0.927 bits per heavy atom. The van der Waals surface area contributed by atoms with Gasteiger partial charge < -0.3 is 25.2 Å². The monoisotopic (exact) mass is 569 g/mol. The number of hydrogen-bond acceptors (Lipinski definition) is 6. The van der Waals surface area contributed by atoms with Gasteiger partial charge in [0.05, 0.1) is 23.8 Å². The molecule has 41 heavy (non-hydrogen) atoms. The summed E-state index contributed by atoms with van der Waals surface area (Å²) in [5.74, 6) is 0.756. The van der Waals surface area contributed by atoms with Crippen LogP contribution in [0.4, 0.5) is 4.79 Å². The highest BCUT2D eigenvalue weighted by molar-refractivity contribution is 7.99. The highest BCUT2D eigenvalue weighted by Crippen LogP contribution is 2.39. The Morgan fingerprint density at radius 2 is 1.68 bits per heavy atom. The maximum atomic E-state index is 11.9. The highest BCUT2D eigenvalue weighted by Gasteiger charge is 2.32. The number of carbonyl (C=O) groups excluding carboxylic acids is 1. The van der Waals surface area contributed by atoms with Crippen molar-refractivity contribution in [1.82, 2.24) is 15.6 Å². The summed E-state index contributed by atoms with van der Waals surface area (Å²) < 4.78 is 13.0. The topological polar surface area (TPSA) is 92.7 Å². The second-order valence-electron chi connectivity index (χ2n) is 9.82. The fourth-order valence-electron chi connectivity index (χ4n) is 4.81. The lowest BCUT2D eigenvalue weighted by atomic mass is 9.98. The number of hydrogen-bond donors (Lipinski definition) is 3. The molecule has 7 nitrogen and oxygen atoms in total. The van der Waals surface area contributed by atoms with E-state index in [1.54, 1.807) is 18.0 Å². The number of thioether (sulfide) groups is 1. The molecule has 212 valence electrons. The summed E-state index contributed by atoms with van der Waals surface area (Å²) in [4.78, 5) is 16.4. The van der Waals surface area contributed by atoms with Crippen molar-refractivity contribution in [2.45, 2.75) is 50.0 Å². The molecule has 0 unspecified atom stereocenters. The van der Waals surface area contributed by atoms with E-state index < -0.39 is 6.29 Å². The number of pyridine rings is 1. The van der Waals surface area contributed by atoms with Crippen LogP contribution in [0.1, 0.15) is 48.0 Å². The van der Waals surface area contributed by atoms with E-state index in [-0.39, 0.29) is 24.8 Å². The molecule has 0 bridgehead atoms. The van der Waals surface area contributed by atoms with Crippen molar-refractivity contribution in [3.63, 3.8) is 0 Å². The third-order valence-corrected chi connectivity index (χ3v) is 8.03. The highest BCUT2D eigenvalue weighted by atomic mass is 32.2. The maximum absolute atomic E-state index is 11.9. The Morgan fingerprint density at radius 3 is 2.41 bits per heavy atom. The first kappa shape index (κ1) is 28.8. The molecule has 3 aromatic carbocycles. The molecule has 4 aromatic rings. The number of rotatable bonds is 10. The minimum Gasteiger partial charge on any atom is -0.392 e. The first-order valence-electron chi connectivity index (χ1n) is 13.9.